The van der Waals surface area contributed by atoms with Crippen LogP contribution >= 0.6 is 0 Å². The number of rotatable bonds is 8. The highest BCUT2D eigenvalue weighted by molar-refractivity contribution is 6.74. The fraction of sp³-hybridized carbons (Fsp3) is 0.556. The zero-order valence-electron chi connectivity index (χ0n) is 14.2. The molecule has 0 radical (unpaired) electrons. The summed E-state index contributed by atoms with van der Waals surface area (Å²) in [4.78, 5) is 0. The first-order chi connectivity index (χ1) is 9.76. The van der Waals surface area contributed by atoms with Crippen LogP contribution in [-0.4, -0.2) is 21.0 Å². The van der Waals surface area contributed by atoms with E-state index in [0.717, 1.165) is 6.42 Å². The molecule has 2 nitrogen and oxygen atoms in total. The second-order valence-electron chi connectivity index (χ2n) is 6.98. The predicted octanol–water partition coefficient (Wildman–Crippen LogP) is 5.17. The van der Waals surface area contributed by atoms with Gasteiger partial charge < -0.3 is 9.16 Å². The Balaban J connectivity index is 2.36. The molecule has 0 amide bonds. The molecule has 1 aromatic rings. The first kappa shape index (κ1) is 18.1. The van der Waals surface area contributed by atoms with E-state index in [-0.39, 0.29) is 11.1 Å². The normalized spacial score (nSPS) is 14.0. The molecule has 1 atom stereocenters. The highest BCUT2D eigenvalue weighted by Crippen LogP contribution is 2.37. The highest BCUT2D eigenvalue weighted by Gasteiger charge is 2.38. The second kappa shape index (κ2) is 7.92. The molecular formula is C18H30O2Si. The summed E-state index contributed by atoms with van der Waals surface area (Å²) in [5.41, 5.74) is 1.21. The average molecular weight is 307 g/mol. The average Bonchev–Trinajstić information content (AvgIpc) is 2.42. The maximum absolute atomic E-state index is 6.34. The Morgan fingerprint density at radius 2 is 1.81 bits per heavy atom. The SMILES string of the molecule is C=C[C@H](CCOCc1ccccc1)O[Si](C)(C)C(C)(C)C. The van der Waals surface area contributed by atoms with Crippen molar-refractivity contribution in [3.05, 3.63) is 48.6 Å². The minimum Gasteiger partial charge on any atom is -0.410 e. The summed E-state index contributed by atoms with van der Waals surface area (Å²) in [6, 6.07) is 10.2. The molecular weight excluding hydrogens is 276 g/mol. The van der Waals surface area contributed by atoms with Gasteiger partial charge in [-0.1, -0.05) is 57.2 Å². The third kappa shape index (κ3) is 6.16. The van der Waals surface area contributed by atoms with Crippen molar-refractivity contribution >= 4 is 8.32 Å². The number of hydrogen-bond acceptors (Lipinski definition) is 2. The minimum absolute atomic E-state index is 0.0849. The molecule has 0 saturated heterocycles. The van der Waals surface area contributed by atoms with E-state index in [1.54, 1.807) is 0 Å². The van der Waals surface area contributed by atoms with E-state index in [4.69, 9.17) is 9.16 Å². The van der Waals surface area contributed by atoms with Gasteiger partial charge in [-0.3, -0.25) is 0 Å². The minimum atomic E-state index is -1.74. The summed E-state index contributed by atoms with van der Waals surface area (Å²) in [7, 11) is -1.74. The quantitative estimate of drug-likeness (QED) is 0.375. The Morgan fingerprint density at radius 1 is 1.19 bits per heavy atom. The van der Waals surface area contributed by atoms with Crippen molar-refractivity contribution in [2.24, 2.45) is 0 Å². The van der Waals surface area contributed by atoms with Crippen LogP contribution in [-0.2, 0) is 15.8 Å². The van der Waals surface area contributed by atoms with Crippen molar-refractivity contribution in [3.63, 3.8) is 0 Å². The smallest absolute Gasteiger partial charge is 0.192 e. The summed E-state index contributed by atoms with van der Waals surface area (Å²) >= 11 is 0. The predicted molar refractivity (Wildman–Crippen MR) is 93.0 cm³/mol. The lowest BCUT2D eigenvalue weighted by Gasteiger charge is -2.38. The Hall–Kier alpha value is -0.903. The molecule has 3 heteroatoms. The largest absolute Gasteiger partial charge is 0.410 e. The standard InChI is InChI=1S/C18H30O2Si/c1-7-17(20-21(5,6)18(2,3)4)13-14-19-15-16-11-9-8-10-12-16/h7-12,17H,1,13-15H2,2-6H3/t17-/m1/s1. The van der Waals surface area contributed by atoms with Crippen LogP contribution in [0.3, 0.4) is 0 Å². The molecule has 0 saturated carbocycles. The van der Waals surface area contributed by atoms with Crippen molar-refractivity contribution in [3.8, 4) is 0 Å². The molecule has 0 bridgehead atoms. The van der Waals surface area contributed by atoms with E-state index in [1.807, 2.05) is 24.3 Å². The van der Waals surface area contributed by atoms with Gasteiger partial charge in [-0.25, -0.2) is 0 Å². The topological polar surface area (TPSA) is 18.5 Å². The maximum Gasteiger partial charge on any atom is 0.192 e. The maximum atomic E-state index is 6.34. The molecule has 0 heterocycles. The fourth-order valence-corrected chi connectivity index (χ4v) is 3.07. The van der Waals surface area contributed by atoms with Crippen LogP contribution in [0.1, 0.15) is 32.8 Å². The van der Waals surface area contributed by atoms with Gasteiger partial charge in [-0.15, -0.1) is 6.58 Å². The molecule has 1 aromatic carbocycles. The van der Waals surface area contributed by atoms with Crippen LogP contribution < -0.4 is 0 Å². The van der Waals surface area contributed by atoms with Crippen LogP contribution in [0.25, 0.3) is 0 Å². The van der Waals surface area contributed by atoms with Crippen molar-refractivity contribution in [1.29, 1.82) is 0 Å². The van der Waals surface area contributed by atoms with E-state index >= 15 is 0 Å². The third-order valence-electron chi connectivity index (χ3n) is 4.17. The van der Waals surface area contributed by atoms with E-state index in [1.165, 1.54) is 5.56 Å². The van der Waals surface area contributed by atoms with Gasteiger partial charge in [-0.2, -0.15) is 0 Å². The summed E-state index contributed by atoms with van der Waals surface area (Å²) in [6.07, 6.45) is 2.86. The molecule has 21 heavy (non-hydrogen) atoms. The molecule has 1 rings (SSSR count). The summed E-state index contributed by atoms with van der Waals surface area (Å²) in [5.74, 6) is 0. The van der Waals surface area contributed by atoms with Crippen LogP contribution in [0.5, 0.6) is 0 Å². The van der Waals surface area contributed by atoms with Gasteiger partial charge in [0.1, 0.15) is 0 Å². The molecule has 0 aliphatic heterocycles. The van der Waals surface area contributed by atoms with E-state index in [9.17, 15) is 0 Å². The van der Waals surface area contributed by atoms with E-state index in [2.05, 4.69) is 52.6 Å². The molecule has 0 aliphatic rings. The van der Waals surface area contributed by atoms with Gasteiger partial charge in [0.2, 0.25) is 0 Å². The Labute approximate surface area is 131 Å². The van der Waals surface area contributed by atoms with Crippen LogP contribution in [0, 0.1) is 0 Å². The summed E-state index contributed by atoms with van der Waals surface area (Å²) in [6.45, 7) is 16.6. The highest BCUT2D eigenvalue weighted by atomic mass is 28.4. The lowest BCUT2D eigenvalue weighted by Crippen LogP contribution is -2.43. The summed E-state index contributed by atoms with van der Waals surface area (Å²) < 4.78 is 12.1. The Bertz CT molecular complexity index is 421. The molecule has 0 N–H and O–H groups in total. The molecule has 0 spiro atoms. The second-order valence-corrected chi connectivity index (χ2v) is 11.7. The molecule has 118 valence electrons. The van der Waals surface area contributed by atoms with Gasteiger partial charge in [0.05, 0.1) is 12.7 Å². The molecule has 0 aliphatic carbocycles. The zero-order valence-corrected chi connectivity index (χ0v) is 15.2. The van der Waals surface area contributed by atoms with Gasteiger partial charge >= 0.3 is 0 Å². The van der Waals surface area contributed by atoms with Crippen molar-refractivity contribution in [2.75, 3.05) is 6.61 Å². The number of ether oxygens (including phenoxy) is 1. The lowest BCUT2D eigenvalue weighted by molar-refractivity contribution is 0.0909. The monoisotopic (exact) mass is 306 g/mol. The number of hydrogen-bond donors (Lipinski definition) is 0. The first-order valence-corrected chi connectivity index (χ1v) is 10.6. The first-order valence-electron chi connectivity index (χ1n) is 7.68. The Kier molecular flexibility index (Phi) is 6.85. The van der Waals surface area contributed by atoms with Crippen molar-refractivity contribution in [1.82, 2.24) is 0 Å². The van der Waals surface area contributed by atoms with Crippen LogP contribution in [0.2, 0.25) is 18.1 Å². The van der Waals surface area contributed by atoms with Crippen molar-refractivity contribution < 1.29 is 9.16 Å². The van der Waals surface area contributed by atoms with Gasteiger partial charge in [0, 0.05) is 6.61 Å². The Morgan fingerprint density at radius 3 is 2.33 bits per heavy atom. The third-order valence-corrected chi connectivity index (χ3v) is 8.68. The van der Waals surface area contributed by atoms with E-state index < -0.39 is 8.32 Å². The fourth-order valence-electron chi connectivity index (χ4n) is 1.74. The van der Waals surface area contributed by atoms with Gasteiger partial charge in [0.15, 0.2) is 8.32 Å². The molecule has 0 aromatic heterocycles. The lowest BCUT2D eigenvalue weighted by atomic mass is 10.2. The van der Waals surface area contributed by atoms with Crippen LogP contribution in [0.15, 0.2) is 43.0 Å². The van der Waals surface area contributed by atoms with Crippen LogP contribution in [0.4, 0.5) is 0 Å². The van der Waals surface area contributed by atoms with Crippen molar-refractivity contribution in [2.45, 2.75) is 58.0 Å². The zero-order chi connectivity index (χ0) is 15.9. The van der Waals surface area contributed by atoms with E-state index in [0.29, 0.717) is 13.2 Å². The molecule has 0 unspecified atom stereocenters. The van der Waals surface area contributed by atoms with Gasteiger partial charge in [-0.05, 0) is 30.1 Å². The summed E-state index contributed by atoms with van der Waals surface area (Å²) in [5, 5.41) is 0.221. The molecule has 0 fully saturated rings. The van der Waals surface area contributed by atoms with Gasteiger partial charge in [0.25, 0.3) is 0 Å². The number of benzene rings is 1.